The maximum atomic E-state index is 12.9. The lowest BCUT2D eigenvalue weighted by Crippen LogP contribution is -2.37. The van der Waals surface area contributed by atoms with E-state index in [0.717, 1.165) is 27.4 Å². The van der Waals surface area contributed by atoms with E-state index < -0.39 is 0 Å². The van der Waals surface area contributed by atoms with Gasteiger partial charge >= 0.3 is 0 Å². The molecule has 1 aromatic carbocycles. The first kappa shape index (κ1) is 19.1. The normalized spacial score (nSPS) is 11.3. The minimum absolute atomic E-state index is 0.0244. The molecular weight excluding hydrogens is 390 g/mol. The molecule has 5 nitrogen and oxygen atoms in total. The lowest BCUT2D eigenvalue weighted by Gasteiger charge is -2.21. The van der Waals surface area contributed by atoms with Crippen LogP contribution in [0.15, 0.2) is 30.3 Å². The number of carbonyl (C=O) groups is 1. The molecule has 0 aliphatic rings. The summed E-state index contributed by atoms with van der Waals surface area (Å²) in [4.78, 5) is 22.4. The molecule has 3 aromatic rings. The molecule has 0 fully saturated rings. The number of ether oxygens (including phenoxy) is 1. The first-order valence-electron chi connectivity index (χ1n) is 8.10. The Morgan fingerprint density at radius 1 is 1.19 bits per heavy atom. The quantitative estimate of drug-likeness (QED) is 0.587. The fourth-order valence-electron chi connectivity index (χ4n) is 2.45. The first-order chi connectivity index (χ1) is 12.5. The fourth-order valence-corrected chi connectivity index (χ4v) is 4.57. The number of aromatic nitrogens is 1. The molecule has 0 saturated carbocycles. The Morgan fingerprint density at radius 3 is 2.65 bits per heavy atom. The van der Waals surface area contributed by atoms with Crippen molar-refractivity contribution in [3.05, 3.63) is 39.5 Å². The third kappa shape index (κ3) is 4.54. The number of anilines is 1. The number of nitrogens with zero attached hydrogens (tertiary/aromatic N) is 3. The van der Waals surface area contributed by atoms with Crippen LogP contribution < -0.4 is 9.64 Å². The average Bonchev–Trinajstić information content (AvgIpc) is 3.19. The molecule has 138 valence electrons. The molecule has 2 heterocycles. The summed E-state index contributed by atoms with van der Waals surface area (Å²) in [5.41, 5.74) is 0.868. The number of fused-ring (bicyclic) bond motifs is 1. The number of hydrogen-bond donors (Lipinski definition) is 0. The SMILES string of the molecule is COc1ccc2nc(N(CCN(C)C)C(=O)Cc3ccc(Cl)s3)sc2c1. The number of thiazole rings is 1. The summed E-state index contributed by atoms with van der Waals surface area (Å²) in [5, 5.41) is 0.711. The van der Waals surface area contributed by atoms with Gasteiger partial charge in [-0.05, 0) is 44.4 Å². The Kier molecular flexibility index (Phi) is 6.13. The van der Waals surface area contributed by atoms with Gasteiger partial charge in [0.05, 0.1) is 28.1 Å². The summed E-state index contributed by atoms with van der Waals surface area (Å²) in [5.74, 6) is 0.809. The second-order valence-corrected chi connectivity index (χ2v) is 8.87. The van der Waals surface area contributed by atoms with Crippen LogP contribution >= 0.6 is 34.3 Å². The van der Waals surface area contributed by atoms with Gasteiger partial charge in [0.25, 0.3) is 0 Å². The van der Waals surface area contributed by atoms with E-state index in [9.17, 15) is 4.79 Å². The highest BCUT2D eigenvalue weighted by Crippen LogP contribution is 2.32. The van der Waals surface area contributed by atoms with Gasteiger partial charge in [-0.15, -0.1) is 11.3 Å². The summed E-state index contributed by atoms with van der Waals surface area (Å²) in [6.07, 6.45) is 0.323. The summed E-state index contributed by atoms with van der Waals surface area (Å²) >= 11 is 8.93. The Balaban J connectivity index is 1.88. The molecule has 2 aromatic heterocycles. The van der Waals surface area contributed by atoms with Crippen molar-refractivity contribution in [3.8, 4) is 5.75 Å². The standard InChI is InChI=1S/C18H20ClN3O2S2/c1-21(2)8-9-22(17(23)11-13-5-7-16(19)25-13)18-20-14-6-4-12(24-3)10-15(14)26-18/h4-7,10H,8-9,11H2,1-3H3. The Labute approximate surface area is 165 Å². The van der Waals surface area contributed by atoms with E-state index in [4.69, 9.17) is 16.3 Å². The van der Waals surface area contributed by atoms with Crippen LogP contribution in [0.4, 0.5) is 5.13 Å². The number of hydrogen-bond acceptors (Lipinski definition) is 6. The average molecular weight is 410 g/mol. The molecule has 0 spiro atoms. The van der Waals surface area contributed by atoms with Crippen LogP contribution in [-0.4, -0.2) is 50.1 Å². The fraction of sp³-hybridized carbons (Fsp3) is 0.333. The van der Waals surface area contributed by atoms with Crippen molar-refractivity contribution < 1.29 is 9.53 Å². The third-order valence-corrected chi connectivity index (χ3v) is 6.11. The van der Waals surface area contributed by atoms with Crippen LogP contribution in [0.5, 0.6) is 5.75 Å². The van der Waals surface area contributed by atoms with Crippen molar-refractivity contribution in [1.29, 1.82) is 0 Å². The van der Waals surface area contributed by atoms with Crippen molar-refractivity contribution in [3.63, 3.8) is 0 Å². The van der Waals surface area contributed by atoms with Gasteiger partial charge in [0.15, 0.2) is 5.13 Å². The molecule has 26 heavy (non-hydrogen) atoms. The van der Waals surface area contributed by atoms with Gasteiger partial charge in [-0.1, -0.05) is 22.9 Å². The van der Waals surface area contributed by atoms with Gasteiger partial charge in [0, 0.05) is 18.0 Å². The maximum Gasteiger partial charge on any atom is 0.234 e. The molecule has 1 amide bonds. The molecule has 0 aliphatic heterocycles. The zero-order chi connectivity index (χ0) is 18.7. The summed E-state index contributed by atoms with van der Waals surface area (Å²) in [6, 6.07) is 9.47. The van der Waals surface area contributed by atoms with Crippen LogP contribution in [-0.2, 0) is 11.2 Å². The molecule has 0 bridgehead atoms. The summed E-state index contributed by atoms with van der Waals surface area (Å²) in [7, 11) is 5.62. The van der Waals surface area contributed by atoms with E-state index in [2.05, 4.69) is 9.88 Å². The number of rotatable bonds is 7. The van der Waals surface area contributed by atoms with E-state index in [1.165, 1.54) is 22.7 Å². The van der Waals surface area contributed by atoms with Gasteiger partial charge in [0.2, 0.25) is 5.91 Å². The molecule has 0 aliphatic carbocycles. The zero-order valence-corrected chi connectivity index (χ0v) is 17.2. The number of benzene rings is 1. The lowest BCUT2D eigenvalue weighted by atomic mass is 10.3. The number of amides is 1. The monoisotopic (exact) mass is 409 g/mol. The van der Waals surface area contributed by atoms with Crippen molar-refractivity contribution in [2.75, 3.05) is 39.2 Å². The number of methoxy groups -OCH3 is 1. The Bertz CT molecular complexity index is 907. The second-order valence-electron chi connectivity index (χ2n) is 6.06. The lowest BCUT2D eigenvalue weighted by molar-refractivity contribution is -0.118. The largest absolute Gasteiger partial charge is 0.497 e. The van der Waals surface area contributed by atoms with Crippen LogP contribution in [0.25, 0.3) is 10.2 Å². The van der Waals surface area contributed by atoms with Crippen LogP contribution in [0.2, 0.25) is 4.34 Å². The highest BCUT2D eigenvalue weighted by Gasteiger charge is 2.21. The van der Waals surface area contributed by atoms with E-state index >= 15 is 0 Å². The molecule has 0 unspecified atom stereocenters. The van der Waals surface area contributed by atoms with Gasteiger partial charge < -0.3 is 9.64 Å². The highest BCUT2D eigenvalue weighted by atomic mass is 35.5. The van der Waals surface area contributed by atoms with Crippen LogP contribution in [0.3, 0.4) is 0 Å². The Hall–Kier alpha value is -1.67. The summed E-state index contributed by atoms with van der Waals surface area (Å²) < 4.78 is 6.98. The molecule has 3 rings (SSSR count). The molecule has 0 atom stereocenters. The van der Waals surface area contributed by atoms with Gasteiger partial charge in [-0.3, -0.25) is 9.69 Å². The molecule has 0 N–H and O–H groups in total. The van der Waals surface area contributed by atoms with Crippen molar-refractivity contribution in [2.45, 2.75) is 6.42 Å². The number of thiophene rings is 1. The molecule has 0 radical (unpaired) electrons. The number of halogens is 1. The van der Waals surface area contributed by atoms with Crippen molar-refractivity contribution in [1.82, 2.24) is 9.88 Å². The smallest absolute Gasteiger partial charge is 0.234 e. The van der Waals surface area contributed by atoms with E-state index in [-0.39, 0.29) is 5.91 Å². The van der Waals surface area contributed by atoms with Crippen LogP contribution in [0.1, 0.15) is 4.88 Å². The van der Waals surface area contributed by atoms with Gasteiger partial charge in [0.1, 0.15) is 5.75 Å². The highest BCUT2D eigenvalue weighted by molar-refractivity contribution is 7.22. The minimum atomic E-state index is 0.0244. The predicted molar refractivity (Wildman–Crippen MR) is 110 cm³/mol. The van der Waals surface area contributed by atoms with Crippen molar-refractivity contribution >= 4 is 55.5 Å². The van der Waals surface area contributed by atoms with Crippen molar-refractivity contribution in [2.24, 2.45) is 0 Å². The van der Waals surface area contributed by atoms with Crippen LogP contribution in [0, 0.1) is 0 Å². The van der Waals surface area contributed by atoms with Gasteiger partial charge in [-0.25, -0.2) is 4.98 Å². The summed E-state index contributed by atoms with van der Waals surface area (Å²) in [6.45, 7) is 1.35. The topological polar surface area (TPSA) is 45.7 Å². The zero-order valence-electron chi connectivity index (χ0n) is 14.9. The maximum absolute atomic E-state index is 12.9. The molecule has 0 saturated heterocycles. The van der Waals surface area contributed by atoms with E-state index in [1.807, 2.05) is 44.4 Å². The minimum Gasteiger partial charge on any atom is -0.497 e. The predicted octanol–water partition coefficient (Wildman–Crippen LogP) is 4.16. The molecule has 8 heteroatoms. The number of likely N-dealkylation sites (N-methyl/N-ethyl adjacent to an activating group) is 1. The number of carbonyl (C=O) groups excluding carboxylic acids is 1. The van der Waals surface area contributed by atoms with E-state index in [1.54, 1.807) is 12.0 Å². The van der Waals surface area contributed by atoms with Gasteiger partial charge in [-0.2, -0.15) is 0 Å². The first-order valence-corrected chi connectivity index (χ1v) is 10.1. The second kappa shape index (κ2) is 8.35. The third-order valence-electron chi connectivity index (χ3n) is 3.84. The van der Waals surface area contributed by atoms with E-state index in [0.29, 0.717) is 22.4 Å². The Morgan fingerprint density at radius 2 is 2.00 bits per heavy atom. The molecular formula is C18H20ClN3O2S2.